The quantitative estimate of drug-likeness (QED) is 0.574. The smallest absolute Gasteiger partial charge is 0.0578 e. The molecule has 16 heavy (non-hydrogen) atoms. The van der Waals surface area contributed by atoms with Crippen LogP contribution in [0.2, 0.25) is 0 Å². The Hall–Kier alpha value is -0.0400. The van der Waals surface area contributed by atoms with Gasteiger partial charge < -0.3 is 4.74 Å². The van der Waals surface area contributed by atoms with E-state index < -0.39 is 0 Å². The van der Waals surface area contributed by atoms with E-state index in [1.807, 2.05) is 0 Å². The summed E-state index contributed by atoms with van der Waals surface area (Å²) in [6.07, 6.45) is 15.9. The maximum atomic E-state index is 6.22. The molecule has 0 saturated carbocycles. The molecule has 1 rings (SSSR count). The van der Waals surface area contributed by atoms with E-state index in [9.17, 15) is 0 Å². The summed E-state index contributed by atoms with van der Waals surface area (Å²) in [6.45, 7) is 4.54. The van der Waals surface area contributed by atoms with Crippen LogP contribution in [0, 0.1) is 0 Å². The first-order valence-electron chi connectivity index (χ1n) is 7.52. The van der Waals surface area contributed by atoms with E-state index in [4.69, 9.17) is 4.74 Å². The van der Waals surface area contributed by atoms with Crippen LogP contribution >= 0.6 is 0 Å². The molecule has 1 heterocycles. The molecule has 0 aromatic carbocycles. The zero-order chi connectivity index (χ0) is 11.6. The highest BCUT2D eigenvalue weighted by Gasteiger charge is 2.17. The van der Waals surface area contributed by atoms with E-state index in [1.54, 1.807) is 0 Å². The predicted molar refractivity (Wildman–Crippen MR) is 70.8 cm³/mol. The van der Waals surface area contributed by atoms with E-state index >= 15 is 0 Å². The molecule has 0 spiro atoms. The van der Waals surface area contributed by atoms with Crippen LogP contribution in [0.3, 0.4) is 0 Å². The number of hydrogen-bond donors (Lipinski definition) is 0. The van der Waals surface area contributed by atoms with Gasteiger partial charge >= 0.3 is 0 Å². The zero-order valence-corrected chi connectivity index (χ0v) is 11.3. The molecule has 1 heteroatoms. The summed E-state index contributed by atoms with van der Waals surface area (Å²) in [5.41, 5.74) is 0. The van der Waals surface area contributed by atoms with Crippen LogP contribution < -0.4 is 0 Å². The van der Waals surface area contributed by atoms with Crippen molar-refractivity contribution in [2.24, 2.45) is 0 Å². The molecule has 0 aromatic heterocycles. The highest BCUT2D eigenvalue weighted by Crippen LogP contribution is 2.23. The van der Waals surface area contributed by atoms with Crippen molar-refractivity contribution in [1.29, 1.82) is 0 Å². The molecule has 1 aliphatic rings. The lowest BCUT2D eigenvalue weighted by Crippen LogP contribution is -2.23. The molecule has 0 bridgehead atoms. The van der Waals surface area contributed by atoms with Crippen molar-refractivity contribution >= 4 is 0 Å². The minimum atomic E-state index is 0.552. The largest absolute Gasteiger partial charge is 0.375 e. The first kappa shape index (κ1) is 14.0. The monoisotopic (exact) mass is 226 g/mol. The Morgan fingerprint density at radius 1 is 0.875 bits per heavy atom. The maximum Gasteiger partial charge on any atom is 0.0578 e. The van der Waals surface area contributed by atoms with E-state index in [-0.39, 0.29) is 0 Å². The lowest BCUT2D eigenvalue weighted by Gasteiger charge is -2.27. The predicted octanol–water partition coefficient (Wildman–Crippen LogP) is 5.08. The average molecular weight is 226 g/mol. The van der Waals surface area contributed by atoms with Crippen molar-refractivity contribution in [3.63, 3.8) is 0 Å². The second kappa shape index (κ2) is 9.04. The van der Waals surface area contributed by atoms with Crippen LogP contribution in [0.5, 0.6) is 0 Å². The van der Waals surface area contributed by atoms with E-state index in [0.717, 1.165) is 0 Å². The molecule has 0 aliphatic carbocycles. The van der Waals surface area contributed by atoms with Crippen molar-refractivity contribution in [1.82, 2.24) is 0 Å². The van der Waals surface area contributed by atoms with Gasteiger partial charge in [-0.15, -0.1) is 0 Å². The summed E-state index contributed by atoms with van der Waals surface area (Å²) in [5.74, 6) is 0. The number of ether oxygens (including phenoxy) is 1. The molecule has 1 aliphatic heterocycles. The SMILES string of the molecule is CCCCCC[C@H]1CCCCC[C@@H](CC)O1. The normalized spacial score (nSPS) is 27.4. The van der Waals surface area contributed by atoms with E-state index in [0.29, 0.717) is 12.2 Å². The minimum absolute atomic E-state index is 0.552. The third-order valence-corrected chi connectivity index (χ3v) is 3.77. The Kier molecular flexibility index (Phi) is 7.92. The molecule has 0 unspecified atom stereocenters. The molecular formula is C15H30O. The average Bonchev–Trinajstić information content (AvgIpc) is 2.27. The van der Waals surface area contributed by atoms with Gasteiger partial charge in [0.15, 0.2) is 0 Å². The summed E-state index contributed by atoms with van der Waals surface area (Å²) < 4.78 is 6.22. The highest BCUT2D eigenvalue weighted by molar-refractivity contribution is 4.67. The highest BCUT2D eigenvalue weighted by atomic mass is 16.5. The van der Waals surface area contributed by atoms with Gasteiger partial charge in [0.05, 0.1) is 12.2 Å². The van der Waals surface area contributed by atoms with Crippen molar-refractivity contribution < 1.29 is 4.74 Å². The van der Waals surface area contributed by atoms with Gasteiger partial charge in [-0.1, -0.05) is 58.8 Å². The van der Waals surface area contributed by atoms with E-state index in [2.05, 4.69) is 13.8 Å². The number of rotatable bonds is 6. The maximum absolute atomic E-state index is 6.22. The third-order valence-electron chi connectivity index (χ3n) is 3.77. The molecule has 1 nitrogen and oxygen atoms in total. The van der Waals surface area contributed by atoms with Gasteiger partial charge in [0.25, 0.3) is 0 Å². The Bertz CT molecular complexity index is 156. The van der Waals surface area contributed by atoms with Gasteiger partial charge in [-0.05, 0) is 25.7 Å². The summed E-state index contributed by atoms with van der Waals surface area (Å²) in [6, 6.07) is 0. The van der Waals surface area contributed by atoms with Gasteiger partial charge in [-0.2, -0.15) is 0 Å². The van der Waals surface area contributed by atoms with Crippen LogP contribution in [0.15, 0.2) is 0 Å². The fourth-order valence-electron chi connectivity index (χ4n) is 2.64. The fraction of sp³-hybridized carbons (Fsp3) is 1.00. The van der Waals surface area contributed by atoms with Crippen LogP contribution in [0.25, 0.3) is 0 Å². The van der Waals surface area contributed by atoms with Crippen molar-refractivity contribution in [2.45, 2.75) is 96.7 Å². The van der Waals surface area contributed by atoms with Crippen molar-refractivity contribution in [3.8, 4) is 0 Å². The molecule has 2 atom stereocenters. The molecule has 0 radical (unpaired) electrons. The lowest BCUT2D eigenvalue weighted by molar-refractivity contribution is -0.0356. The molecule has 96 valence electrons. The Morgan fingerprint density at radius 2 is 1.62 bits per heavy atom. The van der Waals surface area contributed by atoms with Crippen LogP contribution in [-0.4, -0.2) is 12.2 Å². The van der Waals surface area contributed by atoms with Crippen LogP contribution in [0.4, 0.5) is 0 Å². The summed E-state index contributed by atoms with van der Waals surface area (Å²) >= 11 is 0. The Labute approximate surface area is 102 Å². The molecular weight excluding hydrogens is 196 g/mol. The summed E-state index contributed by atoms with van der Waals surface area (Å²) in [5, 5.41) is 0. The first-order chi connectivity index (χ1) is 7.86. The lowest BCUT2D eigenvalue weighted by atomic mass is 9.99. The molecule has 0 N–H and O–H groups in total. The molecule has 0 aromatic rings. The second-order valence-electron chi connectivity index (χ2n) is 5.28. The second-order valence-corrected chi connectivity index (χ2v) is 5.28. The standard InChI is InChI=1S/C15H30O/c1-3-5-6-8-12-15-13-10-7-9-11-14(4-2)16-15/h14-15H,3-13H2,1-2H3/t14-,15+/m1/s1. The number of hydrogen-bond acceptors (Lipinski definition) is 1. The van der Waals surface area contributed by atoms with E-state index in [1.165, 1.54) is 70.6 Å². The summed E-state index contributed by atoms with van der Waals surface area (Å²) in [4.78, 5) is 0. The zero-order valence-electron chi connectivity index (χ0n) is 11.3. The third kappa shape index (κ3) is 5.89. The van der Waals surface area contributed by atoms with Gasteiger partial charge in [-0.25, -0.2) is 0 Å². The van der Waals surface area contributed by atoms with Crippen molar-refractivity contribution in [2.75, 3.05) is 0 Å². The fourth-order valence-corrected chi connectivity index (χ4v) is 2.64. The molecule has 1 fully saturated rings. The Morgan fingerprint density at radius 3 is 2.31 bits per heavy atom. The number of unbranched alkanes of at least 4 members (excludes halogenated alkanes) is 3. The topological polar surface area (TPSA) is 9.23 Å². The van der Waals surface area contributed by atoms with Crippen LogP contribution in [0.1, 0.15) is 84.5 Å². The first-order valence-corrected chi connectivity index (χ1v) is 7.52. The minimum Gasteiger partial charge on any atom is -0.375 e. The summed E-state index contributed by atoms with van der Waals surface area (Å²) in [7, 11) is 0. The van der Waals surface area contributed by atoms with Gasteiger partial charge in [0.2, 0.25) is 0 Å². The van der Waals surface area contributed by atoms with Gasteiger partial charge in [0, 0.05) is 0 Å². The van der Waals surface area contributed by atoms with Crippen molar-refractivity contribution in [3.05, 3.63) is 0 Å². The molecule has 0 amide bonds. The molecule has 1 saturated heterocycles. The Balaban J connectivity index is 2.20. The van der Waals surface area contributed by atoms with Gasteiger partial charge in [0.1, 0.15) is 0 Å². The van der Waals surface area contributed by atoms with Crippen LogP contribution in [-0.2, 0) is 4.74 Å². The van der Waals surface area contributed by atoms with Gasteiger partial charge in [-0.3, -0.25) is 0 Å².